The van der Waals surface area contributed by atoms with Crippen LogP contribution >= 0.6 is 11.3 Å². The topological polar surface area (TPSA) is 43.6 Å². The third-order valence-corrected chi connectivity index (χ3v) is 9.40. The van der Waals surface area contributed by atoms with E-state index in [9.17, 15) is 0 Å². The number of thiophene rings is 1. The molecule has 0 fully saturated rings. The second kappa shape index (κ2) is 9.97. The van der Waals surface area contributed by atoms with Crippen LogP contribution in [0, 0.1) is 0 Å². The number of aromatic nitrogens is 4. The lowest BCUT2D eigenvalue weighted by molar-refractivity contribution is 1.06. The fourth-order valence-electron chi connectivity index (χ4n) is 6.25. The van der Waals surface area contributed by atoms with E-state index in [1.165, 1.54) is 30.9 Å². The molecular weight excluding hydrogens is 557 g/mol. The van der Waals surface area contributed by atoms with E-state index in [0.29, 0.717) is 17.5 Å². The smallest absolute Gasteiger partial charge is 0.166 e. The van der Waals surface area contributed by atoms with Gasteiger partial charge in [0.2, 0.25) is 0 Å². The van der Waals surface area contributed by atoms with E-state index in [0.717, 1.165) is 33.4 Å². The van der Waals surface area contributed by atoms with Crippen molar-refractivity contribution in [1.29, 1.82) is 0 Å². The Morgan fingerprint density at radius 2 is 0.977 bits per heavy atom. The van der Waals surface area contributed by atoms with Gasteiger partial charge in [-0.25, -0.2) is 15.0 Å². The Labute approximate surface area is 257 Å². The molecule has 0 radical (unpaired) electrons. The molecule has 206 valence electrons. The Kier molecular flexibility index (Phi) is 5.64. The second-order valence-corrected chi connectivity index (χ2v) is 12.0. The molecule has 3 heterocycles. The molecule has 0 atom stereocenters. The van der Waals surface area contributed by atoms with E-state index in [-0.39, 0.29) is 0 Å². The van der Waals surface area contributed by atoms with Crippen molar-refractivity contribution in [2.45, 2.75) is 0 Å². The van der Waals surface area contributed by atoms with Gasteiger partial charge in [0.25, 0.3) is 0 Å². The minimum Gasteiger partial charge on any atom is -0.309 e. The molecule has 5 heteroatoms. The highest BCUT2D eigenvalue weighted by molar-refractivity contribution is 7.25. The highest BCUT2D eigenvalue weighted by Crippen LogP contribution is 2.38. The monoisotopic (exact) mass is 580 g/mol. The van der Waals surface area contributed by atoms with E-state index in [1.54, 1.807) is 11.3 Å². The van der Waals surface area contributed by atoms with Gasteiger partial charge in [0.05, 0.1) is 16.7 Å². The van der Waals surface area contributed by atoms with Gasteiger partial charge in [0.1, 0.15) is 0 Å². The van der Waals surface area contributed by atoms with Gasteiger partial charge in [-0.2, -0.15) is 0 Å². The zero-order chi connectivity index (χ0) is 29.0. The van der Waals surface area contributed by atoms with Gasteiger partial charge in [0.15, 0.2) is 17.5 Å². The number of rotatable bonds is 4. The standard InChI is InChI=1S/C39H24N4S/c1-2-12-25(13-3-1)37-40-38(26-22-23-30-29-16-7-11-21-35(29)44-36(30)24-26)42-39(41-37)31-17-6-10-20-34(31)43-32-18-8-4-14-27(32)28-15-5-9-19-33(28)43/h1-24H. The first-order chi connectivity index (χ1) is 21.8. The maximum Gasteiger partial charge on any atom is 0.166 e. The molecule has 0 saturated heterocycles. The predicted molar refractivity (Wildman–Crippen MR) is 183 cm³/mol. The highest BCUT2D eigenvalue weighted by atomic mass is 32.1. The fourth-order valence-corrected chi connectivity index (χ4v) is 7.39. The predicted octanol–water partition coefficient (Wildman–Crippen LogP) is 10.3. The summed E-state index contributed by atoms with van der Waals surface area (Å²) in [5.74, 6) is 1.95. The molecule has 0 aliphatic carbocycles. The van der Waals surface area contributed by atoms with Crippen molar-refractivity contribution in [3.63, 3.8) is 0 Å². The molecule has 0 amide bonds. The van der Waals surface area contributed by atoms with Crippen LogP contribution in [-0.4, -0.2) is 19.5 Å². The van der Waals surface area contributed by atoms with Crippen LogP contribution in [0.1, 0.15) is 0 Å². The number of fused-ring (bicyclic) bond motifs is 6. The Balaban J connectivity index is 1.29. The molecule has 0 unspecified atom stereocenters. The molecular formula is C39H24N4S. The lowest BCUT2D eigenvalue weighted by atomic mass is 10.1. The van der Waals surface area contributed by atoms with Crippen LogP contribution in [0.3, 0.4) is 0 Å². The summed E-state index contributed by atoms with van der Waals surface area (Å²) in [5, 5.41) is 4.97. The van der Waals surface area contributed by atoms with E-state index >= 15 is 0 Å². The van der Waals surface area contributed by atoms with Crippen LogP contribution in [0.25, 0.3) is 81.8 Å². The van der Waals surface area contributed by atoms with Crippen molar-refractivity contribution >= 4 is 53.3 Å². The van der Waals surface area contributed by atoms with Crippen molar-refractivity contribution in [3.8, 4) is 39.9 Å². The van der Waals surface area contributed by atoms with Gasteiger partial charge in [-0.3, -0.25) is 0 Å². The molecule has 44 heavy (non-hydrogen) atoms. The van der Waals surface area contributed by atoms with Crippen LogP contribution < -0.4 is 0 Å². The normalized spacial score (nSPS) is 11.6. The van der Waals surface area contributed by atoms with Crippen LogP contribution in [-0.2, 0) is 0 Å². The molecule has 6 aromatic carbocycles. The molecule has 0 saturated carbocycles. The Morgan fingerprint density at radius 3 is 1.75 bits per heavy atom. The van der Waals surface area contributed by atoms with Crippen LogP contribution in [0.15, 0.2) is 146 Å². The molecule has 0 spiro atoms. The van der Waals surface area contributed by atoms with Crippen LogP contribution in [0.2, 0.25) is 0 Å². The molecule has 9 rings (SSSR count). The number of benzene rings is 6. The number of hydrogen-bond acceptors (Lipinski definition) is 4. The Hall–Kier alpha value is -5.65. The number of hydrogen-bond donors (Lipinski definition) is 0. The average Bonchev–Trinajstić information content (AvgIpc) is 3.64. The van der Waals surface area contributed by atoms with Gasteiger partial charge in [0, 0.05) is 47.6 Å². The molecule has 0 aliphatic rings. The van der Waals surface area contributed by atoms with Crippen LogP contribution in [0.4, 0.5) is 0 Å². The molecule has 0 bridgehead atoms. The first-order valence-electron chi connectivity index (χ1n) is 14.6. The number of nitrogens with zero attached hydrogens (tertiary/aromatic N) is 4. The third-order valence-electron chi connectivity index (χ3n) is 8.27. The van der Waals surface area contributed by atoms with Crippen molar-refractivity contribution in [1.82, 2.24) is 19.5 Å². The first-order valence-corrected chi connectivity index (χ1v) is 15.4. The Bertz CT molecular complexity index is 2460. The summed E-state index contributed by atoms with van der Waals surface area (Å²) in [6, 6.07) is 50.8. The van der Waals surface area contributed by atoms with E-state index in [4.69, 9.17) is 15.0 Å². The SMILES string of the molecule is c1ccc(-c2nc(-c3ccc4c(c3)sc3ccccc34)nc(-c3ccccc3-n3c4ccccc4c4ccccc43)n2)cc1. The van der Waals surface area contributed by atoms with Gasteiger partial charge >= 0.3 is 0 Å². The van der Waals surface area contributed by atoms with Crippen molar-refractivity contribution in [2.24, 2.45) is 0 Å². The Morgan fingerprint density at radius 1 is 0.409 bits per heavy atom. The van der Waals surface area contributed by atoms with Gasteiger partial charge in [-0.1, -0.05) is 109 Å². The summed E-state index contributed by atoms with van der Waals surface area (Å²) >= 11 is 1.80. The van der Waals surface area contributed by atoms with Crippen molar-refractivity contribution in [3.05, 3.63) is 146 Å². The van der Waals surface area contributed by atoms with Crippen molar-refractivity contribution in [2.75, 3.05) is 0 Å². The molecule has 3 aromatic heterocycles. The first kappa shape index (κ1) is 24.9. The fraction of sp³-hybridized carbons (Fsp3) is 0. The quantitative estimate of drug-likeness (QED) is 0.208. The summed E-state index contributed by atoms with van der Waals surface area (Å²) in [6.45, 7) is 0. The molecule has 9 aromatic rings. The van der Waals surface area contributed by atoms with E-state index in [1.807, 2.05) is 18.2 Å². The minimum absolute atomic E-state index is 0.641. The maximum absolute atomic E-state index is 5.16. The highest BCUT2D eigenvalue weighted by Gasteiger charge is 2.19. The molecule has 0 aliphatic heterocycles. The summed E-state index contributed by atoms with van der Waals surface area (Å²) in [7, 11) is 0. The summed E-state index contributed by atoms with van der Waals surface area (Å²) in [5.41, 5.74) is 6.19. The zero-order valence-corrected chi connectivity index (χ0v) is 24.4. The molecule has 0 N–H and O–H groups in total. The number of para-hydroxylation sites is 3. The molecule has 4 nitrogen and oxygen atoms in total. The van der Waals surface area contributed by atoms with E-state index < -0.39 is 0 Å². The average molecular weight is 581 g/mol. The largest absolute Gasteiger partial charge is 0.309 e. The van der Waals surface area contributed by atoms with Gasteiger partial charge in [-0.05, 0) is 36.4 Å². The van der Waals surface area contributed by atoms with Gasteiger partial charge in [-0.15, -0.1) is 11.3 Å². The van der Waals surface area contributed by atoms with Crippen LogP contribution in [0.5, 0.6) is 0 Å². The lowest BCUT2D eigenvalue weighted by Gasteiger charge is -2.14. The third kappa shape index (κ3) is 3.94. The second-order valence-electron chi connectivity index (χ2n) is 10.9. The van der Waals surface area contributed by atoms with Gasteiger partial charge < -0.3 is 4.57 Å². The summed E-state index contributed by atoms with van der Waals surface area (Å²) in [4.78, 5) is 15.3. The van der Waals surface area contributed by atoms with Crippen molar-refractivity contribution < 1.29 is 0 Å². The van der Waals surface area contributed by atoms with E-state index in [2.05, 4.69) is 132 Å². The minimum atomic E-state index is 0.641. The maximum atomic E-state index is 5.16. The zero-order valence-electron chi connectivity index (χ0n) is 23.6. The summed E-state index contributed by atoms with van der Waals surface area (Å²) < 4.78 is 4.83. The summed E-state index contributed by atoms with van der Waals surface area (Å²) in [6.07, 6.45) is 0. The lowest BCUT2D eigenvalue weighted by Crippen LogP contribution is -2.03.